The molecule has 106 valence electrons. The van der Waals surface area contributed by atoms with Gasteiger partial charge in [0, 0.05) is 11.3 Å². The largest absolute Gasteiger partial charge is 0.309 e. The molecular weight excluding hydrogens is 294 g/mol. The van der Waals surface area contributed by atoms with E-state index in [-0.39, 0.29) is 6.04 Å². The number of benzene rings is 2. The molecule has 0 aromatic heterocycles. The van der Waals surface area contributed by atoms with Crippen molar-refractivity contribution in [1.29, 1.82) is 0 Å². The highest BCUT2D eigenvalue weighted by molar-refractivity contribution is 7.90. The topological polar surface area (TPSA) is 46.2 Å². The standard InChI is InChI=1S/C15H16ClNO2S/c1-17-15(12-4-3-5-13(16)10-12)11-6-8-14(9-7-11)20(2,18)19/h3-10,15,17H,1-2H3. The van der Waals surface area contributed by atoms with Crippen LogP contribution in [0.1, 0.15) is 17.2 Å². The average Bonchev–Trinajstić information content (AvgIpc) is 2.39. The zero-order chi connectivity index (χ0) is 14.8. The Balaban J connectivity index is 2.38. The van der Waals surface area contributed by atoms with Gasteiger partial charge in [-0.2, -0.15) is 0 Å². The van der Waals surface area contributed by atoms with Gasteiger partial charge in [0.25, 0.3) is 0 Å². The molecule has 1 atom stereocenters. The molecule has 0 radical (unpaired) electrons. The SMILES string of the molecule is CNC(c1ccc(S(C)(=O)=O)cc1)c1cccc(Cl)c1. The minimum Gasteiger partial charge on any atom is -0.309 e. The fourth-order valence-corrected chi connectivity index (χ4v) is 2.95. The van der Waals surface area contributed by atoms with Gasteiger partial charge in [-0.15, -0.1) is 0 Å². The Kier molecular flexibility index (Phi) is 4.48. The Bertz CT molecular complexity index is 696. The second kappa shape index (κ2) is 5.95. The number of hydrogen-bond acceptors (Lipinski definition) is 3. The maximum Gasteiger partial charge on any atom is 0.175 e. The summed E-state index contributed by atoms with van der Waals surface area (Å²) < 4.78 is 22.9. The van der Waals surface area contributed by atoms with Crippen LogP contribution in [0.5, 0.6) is 0 Å². The Morgan fingerprint density at radius 1 is 1.05 bits per heavy atom. The van der Waals surface area contributed by atoms with Crippen LogP contribution >= 0.6 is 11.6 Å². The number of halogens is 1. The Morgan fingerprint density at radius 3 is 2.20 bits per heavy atom. The summed E-state index contributed by atoms with van der Waals surface area (Å²) in [6.07, 6.45) is 1.20. The van der Waals surface area contributed by atoms with Gasteiger partial charge in [0.1, 0.15) is 0 Å². The molecule has 0 spiro atoms. The molecular formula is C15H16ClNO2S. The molecule has 2 aromatic carbocycles. The molecule has 0 aliphatic rings. The maximum absolute atomic E-state index is 11.5. The van der Waals surface area contributed by atoms with Crippen LogP contribution in [0.2, 0.25) is 5.02 Å². The summed E-state index contributed by atoms with van der Waals surface area (Å²) >= 11 is 6.01. The minimum absolute atomic E-state index is 0.0256. The second-order valence-electron chi connectivity index (χ2n) is 4.62. The summed E-state index contributed by atoms with van der Waals surface area (Å²) in [5.74, 6) is 0. The highest BCUT2D eigenvalue weighted by atomic mass is 35.5. The van der Waals surface area contributed by atoms with E-state index in [9.17, 15) is 8.42 Å². The molecule has 0 fully saturated rings. The smallest absolute Gasteiger partial charge is 0.175 e. The van der Waals surface area contributed by atoms with Crippen LogP contribution in [0.15, 0.2) is 53.4 Å². The van der Waals surface area contributed by atoms with Crippen molar-refractivity contribution in [3.05, 3.63) is 64.7 Å². The first kappa shape index (κ1) is 15.0. The molecule has 20 heavy (non-hydrogen) atoms. The van der Waals surface area contributed by atoms with Gasteiger partial charge in [-0.3, -0.25) is 0 Å². The van der Waals surface area contributed by atoms with Crippen molar-refractivity contribution in [1.82, 2.24) is 5.32 Å². The van der Waals surface area contributed by atoms with Crippen molar-refractivity contribution in [2.45, 2.75) is 10.9 Å². The highest BCUT2D eigenvalue weighted by Gasteiger charge is 2.13. The predicted octanol–water partition coefficient (Wildman–Crippen LogP) is 3.05. The lowest BCUT2D eigenvalue weighted by Gasteiger charge is -2.17. The molecule has 0 aliphatic heterocycles. The predicted molar refractivity (Wildman–Crippen MR) is 81.9 cm³/mol. The molecule has 0 aliphatic carbocycles. The van der Waals surface area contributed by atoms with E-state index in [1.54, 1.807) is 12.1 Å². The molecule has 0 bridgehead atoms. The Labute approximate surface area is 124 Å². The molecule has 3 nitrogen and oxygen atoms in total. The van der Waals surface area contributed by atoms with E-state index in [2.05, 4.69) is 5.32 Å². The number of sulfone groups is 1. The van der Waals surface area contributed by atoms with Crippen molar-refractivity contribution in [2.75, 3.05) is 13.3 Å². The van der Waals surface area contributed by atoms with Gasteiger partial charge in [0.2, 0.25) is 0 Å². The zero-order valence-electron chi connectivity index (χ0n) is 11.3. The summed E-state index contributed by atoms with van der Waals surface area (Å²) in [5.41, 5.74) is 2.02. The van der Waals surface area contributed by atoms with Crippen LogP contribution in [0.4, 0.5) is 0 Å². The van der Waals surface area contributed by atoms with Crippen LogP contribution in [-0.2, 0) is 9.84 Å². The molecule has 1 unspecified atom stereocenters. The summed E-state index contributed by atoms with van der Waals surface area (Å²) in [6, 6.07) is 14.5. The third-order valence-corrected chi connectivity index (χ3v) is 4.48. The van der Waals surface area contributed by atoms with E-state index in [0.717, 1.165) is 11.1 Å². The van der Waals surface area contributed by atoms with Gasteiger partial charge in [-0.05, 0) is 42.4 Å². The molecule has 5 heteroatoms. The normalized spacial score (nSPS) is 13.2. The zero-order valence-corrected chi connectivity index (χ0v) is 12.9. The third-order valence-electron chi connectivity index (χ3n) is 3.11. The number of rotatable bonds is 4. The molecule has 2 rings (SSSR count). The fraction of sp³-hybridized carbons (Fsp3) is 0.200. The summed E-state index contributed by atoms with van der Waals surface area (Å²) in [7, 11) is -1.31. The lowest BCUT2D eigenvalue weighted by atomic mass is 9.99. The summed E-state index contributed by atoms with van der Waals surface area (Å²) in [5, 5.41) is 3.89. The number of hydrogen-bond donors (Lipinski definition) is 1. The molecule has 1 N–H and O–H groups in total. The van der Waals surface area contributed by atoms with E-state index < -0.39 is 9.84 Å². The van der Waals surface area contributed by atoms with Crippen molar-refractivity contribution >= 4 is 21.4 Å². The second-order valence-corrected chi connectivity index (χ2v) is 7.07. The fourth-order valence-electron chi connectivity index (χ4n) is 2.12. The first-order valence-corrected chi connectivity index (χ1v) is 8.41. The quantitative estimate of drug-likeness (QED) is 0.944. The van der Waals surface area contributed by atoms with E-state index in [1.807, 2.05) is 43.4 Å². The highest BCUT2D eigenvalue weighted by Crippen LogP contribution is 2.25. The molecule has 0 saturated heterocycles. The van der Waals surface area contributed by atoms with Crippen LogP contribution < -0.4 is 5.32 Å². The minimum atomic E-state index is -3.16. The third kappa shape index (κ3) is 3.39. The maximum atomic E-state index is 11.5. The Hall–Kier alpha value is -1.36. The van der Waals surface area contributed by atoms with Crippen molar-refractivity contribution in [3.8, 4) is 0 Å². The monoisotopic (exact) mass is 309 g/mol. The van der Waals surface area contributed by atoms with Gasteiger partial charge in [0.15, 0.2) is 9.84 Å². The first-order valence-electron chi connectivity index (χ1n) is 6.14. The van der Waals surface area contributed by atoms with Crippen LogP contribution in [0, 0.1) is 0 Å². The summed E-state index contributed by atoms with van der Waals surface area (Å²) in [4.78, 5) is 0.321. The van der Waals surface area contributed by atoms with Gasteiger partial charge in [-0.25, -0.2) is 8.42 Å². The van der Waals surface area contributed by atoms with Crippen LogP contribution in [-0.4, -0.2) is 21.7 Å². The van der Waals surface area contributed by atoms with Crippen molar-refractivity contribution in [3.63, 3.8) is 0 Å². The number of nitrogens with one attached hydrogen (secondary N) is 1. The molecule has 0 amide bonds. The van der Waals surface area contributed by atoms with Gasteiger partial charge in [0.05, 0.1) is 10.9 Å². The first-order chi connectivity index (χ1) is 9.41. The lowest BCUT2D eigenvalue weighted by molar-refractivity contribution is 0.601. The van der Waals surface area contributed by atoms with E-state index in [4.69, 9.17) is 11.6 Å². The van der Waals surface area contributed by atoms with Gasteiger partial charge >= 0.3 is 0 Å². The van der Waals surface area contributed by atoms with Crippen LogP contribution in [0.25, 0.3) is 0 Å². The van der Waals surface area contributed by atoms with Gasteiger partial charge < -0.3 is 5.32 Å². The molecule has 2 aromatic rings. The Morgan fingerprint density at radius 2 is 1.70 bits per heavy atom. The van der Waals surface area contributed by atoms with E-state index >= 15 is 0 Å². The molecule has 0 heterocycles. The van der Waals surface area contributed by atoms with Crippen molar-refractivity contribution < 1.29 is 8.42 Å². The van der Waals surface area contributed by atoms with E-state index in [1.165, 1.54) is 6.26 Å². The lowest BCUT2D eigenvalue weighted by Crippen LogP contribution is -2.17. The van der Waals surface area contributed by atoms with Crippen molar-refractivity contribution in [2.24, 2.45) is 0 Å². The average molecular weight is 310 g/mol. The van der Waals surface area contributed by atoms with E-state index in [0.29, 0.717) is 9.92 Å². The van der Waals surface area contributed by atoms with Crippen LogP contribution in [0.3, 0.4) is 0 Å². The summed E-state index contributed by atoms with van der Waals surface area (Å²) in [6.45, 7) is 0. The molecule has 0 saturated carbocycles. The van der Waals surface area contributed by atoms with Gasteiger partial charge in [-0.1, -0.05) is 35.9 Å².